The minimum atomic E-state index is -0.0871. The van der Waals surface area contributed by atoms with Crippen LogP contribution in [-0.2, 0) is 20.3 Å². The second kappa shape index (κ2) is 65.9. The lowest BCUT2D eigenvalue weighted by Crippen LogP contribution is -2.36. The molecule has 852 valence electrons. The van der Waals surface area contributed by atoms with Crippen molar-refractivity contribution in [2.75, 3.05) is 273 Å². The smallest absolute Gasteiger partial charge is 0.224 e. The third-order valence-corrected chi connectivity index (χ3v) is 28.6. The van der Waals surface area contributed by atoms with Gasteiger partial charge in [0.2, 0.25) is 43.4 Å². The normalized spacial score (nSPS) is 12.0. The molecule has 8 N–H and O–H groups in total. The van der Waals surface area contributed by atoms with Crippen LogP contribution in [0.5, 0.6) is 0 Å². The van der Waals surface area contributed by atoms with E-state index < -0.39 is 0 Å². The fourth-order valence-electron chi connectivity index (χ4n) is 16.8. The van der Waals surface area contributed by atoms with E-state index in [0.29, 0.717) is 118 Å². The largest absolute Gasteiger partial charge is 0.383 e. The highest BCUT2D eigenvalue weighted by Crippen LogP contribution is 2.38. The van der Waals surface area contributed by atoms with Crippen molar-refractivity contribution in [1.29, 1.82) is 0 Å². The van der Waals surface area contributed by atoms with Gasteiger partial charge in [-0.15, -0.1) is 0 Å². The van der Waals surface area contributed by atoms with Crippen LogP contribution in [0.2, 0.25) is 0 Å². The summed E-state index contributed by atoms with van der Waals surface area (Å²) < 4.78 is 15.2. The van der Waals surface area contributed by atoms with Gasteiger partial charge in [0.25, 0.3) is 0 Å². The van der Waals surface area contributed by atoms with Gasteiger partial charge in [0.1, 0.15) is 61.2 Å². The molecule has 0 unspecified atom stereocenters. The summed E-state index contributed by atoms with van der Waals surface area (Å²) in [6, 6.07) is 0. The van der Waals surface area contributed by atoms with Crippen LogP contribution in [0.1, 0.15) is 322 Å². The Kier molecular flexibility index (Phi) is 62.0. The lowest BCUT2D eigenvalue weighted by molar-refractivity contribution is 0.108. The molecule has 0 bridgehead atoms. The SMILES string of the molecule is CCCN(C)CCOCCN(C)c1c(C(C)(C)C)c(=S)c1=O.CCCN(CCC)CCOCCN(C)c1c(C(C)(C)C)c(=S)c1=O.CCN(C)c1c(NCCCC(C)(C)C)c(=S)c1=O.CCN(CC)c1c(NCCCC(C)(C)C)c(=S)c1=O.CCNc1c(NCCCC(C)(C)C)c(=S)c1=O.CN(C)c1c(NCCCC(C)(C)C)c(=S)c1=O.CNc1c(N(C)CCCC(C)(C)C)c(=S)c1=O.CNc1c(NCCCC(C)(C)C)c(=S)c1=O. The maximum atomic E-state index is 12.1. The molecule has 0 aliphatic heterocycles. The van der Waals surface area contributed by atoms with Crippen LogP contribution in [0, 0.1) is 68.6 Å². The summed E-state index contributed by atoms with van der Waals surface area (Å²) in [5, 5.41) is 25.3. The van der Waals surface area contributed by atoms with E-state index in [0.717, 1.165) is 256 Å². The van der Waals surface area contributed by atoms with Crippen molar-refractivity contribution in [1.82, 2.24) is 9.80 Å². The van der Waals surface area contributed by atoms with Crippen LogP contribution >= 0.6 is 97.7 Å². The Morgan fingerprint density at radius 3 is 0.867 bits per heavy atom. The average Bonchev–Trinajstić information content (AvgIpc) is 0.743. The van der Waals surface area contributed by atoms with E-state index in [-0.39, 0.29) is 54.3 Å². The van der Waals surface area contributed by atoms with E-state index in [4.69, 9.17) is 107 Å². The summed E-state index contributed by atoms with van der Waals surface area (Å²) in [6.07, 6.45) is 17.0. The summed E-state index contributed by atoms with van der Waals surface area (Å²) >= 11 is 40.8. The first kappa shape index (κ1) is 141. The van der Waals surface area contributed by atoms with E-state index in [1.54, 1.807) is 14.1 Å². The van der Waals surface area contributed by atoms with E-state index in [2.05, 4.69) is 270 Å². The summed E-state index contributed by atoms with van der Waals surface area (Å²) in [5.74, 6) is 0. The quantitative estimate of drug-likeness (QED) is 0.0130. The lowest BCUT2D eigenvalue weighted by Gasteiger charge is -2.30. The molecule has 8 aromatic rings. The molecule has 150 heavy (non-hydrogen) atoms. The summed E-state index contributed by atoms with van der Waals surface area (Å²) in [5.41, 5.74) is 14.8. The fraction of sp³-hybridized carbons (Fsp3) is 0.724. The predicted octanol–water partition coefficient (Wildman–Crippen LogP) is 25.5. The Balaban J connectivity index is 0.000000860. The number of nitrogens with zero attached hydrogens (tertiary/aromatic N) is 8. The first-order chi connectivity index (χ1) is 69.3. The van der Waals surface area contributed by atoms with Crippen molar-refractivity contribution in [2.24, 2.45) is 32.5 Å². The molecular weight excluding hydrogens is 2030 g/mol. The molecule has 0 radical (unpaired) electrons. The second-order valence-corrected chi connectivity index (χ2v) is 52.2. The molecule has 0 aliphatic carbocycles. The fourth-order valence-corrected chi connectivity index (χ4v) is 19.5. The van der Waals surface area contributed by atoms with Crippen LogP contribution in [0.3, 0.4) is 0 Å². The van der Waals surface area contributed by atoms with Crippen molar-refractivity contribution in [2.45, 2.75) is 322 Å². The van der Waals surface area contributed by atoms with Crippen LogP contribution in [-0.4, -0.2) is 211 Å². The van der Waals surface area contributed by atoms with Gasteiger partial charge in [-0.1, -0.05) is 285 Å². The number of rotatable bonds is 54. The Hall–Kier alpha value is -6.96. The maximum absolute atomic E-state index is 12.1. The molecule has 0 amide bonds. The maximum Gasteiger partial charge on any atom is 0.224 e. The number of likely N-dealkylation sites (N-methyl/N-ethyl adjacent to an activating group) is 3. The molecule has 0 fully saturated rings. The van der Waals surface area contributed by atoms with E-state index in [9.17, 15) is 38.4 Å². The van der Waals surface area contributed by atoms with Gasteiger partial charge in [0, 0.05) is 159 Å². The number of hydrogen-bond donors (Lipinski definition) is 8. The molecule has 0 saturated heterocycles. The Morgan fingerprint density at radius 1 is 0.253 bits per heavy atom. The third kappa shape index (κ3) is 47.2. The Labute approximate surface area is 945 Å². The number of anilines is 14. The molecule has 0 saturated carbocycles. The Morgan fingerprint density at radius 2 is 0.540 bits per heavy atom. The van der Waals surface area contributed by atoms with Gasteiger partial charge in [-0.2, -0.15) is 0 Å². The van der Waals surface area contributed by atoms with Gasteiger partial charge in [0.15, 0.2) is 0 Å². The highest BCUT2D eigenvalue weighted by atomic mass is 32.1. The molecule has 0 aromatic heterocycles. The number of ether oxygens (including phenoxy) is 2. The van der Waals surface area contributed by atoms with Crippen LogP contribution in [0.25, 0.3) is 0 Å². The highest BCUT2D eigenvalue weighted by Gasteiger charge is 2.33. The molecule has 26 nitrogen and oxygen atoms in total. The molecule has 0 spiro atoms. The van der Waals surface area contributed by atoms with Gasteiger partial charge in [0.05, 0.1) is 80.9 Å². The van der Waals surface area contributed by atoms with Gasteiger partial charge < -0.3 is 91.2 Å². The molecule has 8 aromatic carbocycles. The molecule has 0 aliphatic rings. The van der Waals surface area contributed by atoms with Gasteiger partial charge in [-0.05, 0) is 194 Å². The van der Waals surface area contributed by atoms with Gasteiger partial charge in [-0.25, -0.2) is 0 Å². The monoisotopic (exact) mass is 2230 g/mol. The van der Waals surface area contributed by atoms with Gasteiger partial charge >= 0.3 is 0 Å². The molecular formula is C116H200N16O10S8. The van der Waals surface area contributed by atoms with Crippen LogP contribution < -0.4 is 115 Å². The minimum absolute atomic E-state index is 0.00473. The second-order valence-electron chi connectivity index (χ2n) is 49.0. The average molecular weight is 2240 g/mol. The first-order valence-corrected chi connectivity index (χ1v) is 57.8. The standard InChI is InChI=1S/C19H34N2O2S.C17H30N2O2S.C15H26N2OS.C14H24N2OS.3C13H22N2OS.C12H20N2OS/c1-7-9-21(10-8-2)12-14-23-13-11-20(6)16-15(19(3,4)5)18(24)17(16)22;1-7-8-18(5)9-11-21-12-10-19(6)14-13(17(2,3)4)16(22)15(14)20;1-6-17(7-2)12-11(14(19)13(12)18)16-10-8-9-15(3,4)5;1-6-16(5)11-10(13(18)12(11)17)15-9-7-8-14(2,3)4;1-13(2,3)7-6-8-14-9-10(15(4)5)11(16)12(9)17;1-13(2,3)7-6-8-15(5)10-9(14-4)11(16)12(10)17;1-5-14-9-10(12(17)11(9)16)15-8-6-7-13(2,3)4;1-12(2,3)6-5-7-14-9-8(13-4)10(15)11(9)16/h7-14H2,1-6H3;7-12H2,1-6H3;16H,6-10H2,1-5H3;15H,6-9H2,1-5H3;2*14H,6-8H2,1-5H3;14-15H,5-8H2,1-4H3;13-14H,5-7H2,1-4H3. The van der Waals surface area contributed by atoms with Crippen molar-refractivity contribution in [3.63, 3.8) is 0 Å². The van der Waals surface area contributed by atoms with Crippen molar-refractivity contribution < 1.29 is 9.47 Å². The first-order valence-electron chi connectivity index (χ1n) is 54.6. The van der Waals surface area contributed by atoms with Gasteiger partial charge in [-0.3, -0.25) is 38.4 Å². The summed E-state index contributed by atoms with van der Waals surface area (Å²) in [6.45, 7) is 85.4. The van der Waals surface area contributed by atoms with Crippen LogP contribution in [0.4, 0.5) is 79.6 Å². The van der Waals surface area contributed by atoms with E-state index in [1.165, 1.54) is 19.3 Å². The van der Waals surface area contributed by atoms with Crippen molar-refractivity contribution in [3.8, 4) is 0 Å². The lowest BCUT2D eigenvalue weighted by atomic mass is 9.82. The summed E-state index contributed by atoms with van der Waals surface area (Å²) in [7, 11) is 17.1. The highest BCUT2D eigenvalue weighted by molar-refractivity contribution is 7.73. The zero-order valence-electron chi connectivity index (χ0n) is 100. The Bertz CT molecular complexity index is 5990. The van der Waals surface area contributed by atoms with E-state index >= 15 is 0 Å². The van der Waals surface area contributed by atoms with Crippen molar-refractivity contribution in [3.05, 3.63) is 129 Å². The topological polar surface area (TPSA) is 277 Å². The number of nitrogens with one attached hydrogen (secondary N) is 8. The summed E-state index contributed by atoms with van der Waals surface area (Å²) in [4.78, 5) is 110. The number of hydrogen-bond acceptors (Lipinski definition) is 34. The van der Waals surface area contributed by atoms with E-state index in [1.807, 2.05) is 75.7 Å². The minimum Gasteiger partial charge on any atom is -0.383 e. The van der Waals surface area contributed by atoms with Crippen LogP contribution in [0.15, 0.2) is 38.4 Å². The molecule has 0 heterocycles. The molecule has 8 rings (SSSR count). The predicted molar refractivity (Wildman–Crippen MR) is 676 cm³/mol. The zero-order chi connectivity index (χ0) is 116. The zero-order valence-corrected chi connectivity index (χ0v) is 107. The van der Waals surface area contributed by atoms with Crippen molar-refractivity contribution >= 4 is 177 Å². The third-order valence-electron chi connectivity index (χ3n) is 25.5. The molecule has 0 atom stereocenters. The molecule has 34 heteroatoms.